The van der Waals surface area contributed by atoms with Crippen molar-refractivity contribution >= 4 is 5.97 Å². The van der Waals surface area contributed by atoms with Gasteiger partial charge in [-0.1, -0.05) is 0 Å². The molecule has 1 aromatic rings. The molecule has 25 heavy (non-hydrogen) atoms. The van der Waals surface area contributed by atoms with Crippen LogP contribution in [-0.4, -0.2) is 48.2 Å². The van der Waals surface area contributed by atoms with E-state index in [9.17, 15) is 9.59 Å². The quantitative estimate of drug-likeness (QED) is 0.841. The zero-order valence-electron chi connectivity index (χ0n) is 15.9. The minimum absolute atomic E-state index is 0.194. The van der Waals surface area contributed by atoms with Crippen LogP contribution in [0.2, 0.25) is 0 Å². The monoisotopic (exact) mass is 347 g/mol. The molecule has 1 aromatic heterocycles. The predicted molar refractivity (Wildman–Crippen MR) is 97.0 cm³/mol. The van der Waals surface area contributed by atoms with Gasteiger partial charge in [-0.05, 0) is 65.4 Å². The molecule has 2 bridgehead atoms. The summed E-state index contributed by atoms with van der Waals surface area (Å²) in [6.07, 6.45) is 1.11. The van der Waals surface area contributed by atoms with Crippen LogP contribution >= 0.6 is 0 Å². The van der Waals surface area contributed by atoms with E-state index < -0.39 is 11.6 Å². The minimum Gasteiger partial charge on any atom is -0.456 e. The summed E-state index contributed by atoms with van der Waals surface area (Å²) in [7, 11) is 3.88. The summed E-state index contributed by atoms with van der Waals surface area (Å²) in [6, 6.07) is 2.05. The maximum absolute atomic E-state index is 13.2. The van der Waals surface area contributed by atoms with Gasteiger partial charge in [0.2, 0.25) is 0 Å². The largest absolute Gasteiger partial charge is 0.456 e. The van der Waals surface area contributed by atoms with Gasteiger partial charge in [0.1, 0.15) is 11.2 Å². The maximum atomic E-state index is 13.2. The van der Waals surface area contributed by atoms with Gasteiger partial charge in [-0.2, -0.15) is 0 Å². The van der Waals surface area contributed by atoms with E-state index in [2.05, 4.69) is 11.4 Å². The molecule has 1 fully saturated rings. The number of hydrogen-bond acceptors (Lipinski definition) is 5. The molecule has 0 radical (unpaired) electrons. The lowest BCUT2D eigenvalue weighted by Crippen LogP contribution is -2.46. The topological polar surface area (TPSA) is 63.6 Å². The van der Waals surface area contributed by atoms with Crippen molar-refractivity contribution in [1.82, 2.24) is 14.8 Å². The van der Waals surface area contributed by atoms with Crippen LogP contribution in [0.5, 0.6) is 0 Å². The molecule has 1 saturated heterocycles. The molecule has 2 aliphatic rings. The van der Waals surface area contributed by atoms with Gasteiger partial charge in [-0.15, -0.1) is 0 Å². The van der Waals surface area contributed by atoms with Gasteiger partial charge < -0.3 is 19.5 Å². The van der Waals surface area contributed by atoms with Crippen LogP contribution in [0.15, 0.2) is 10.9 Å². The van der Waals surface area contributed by atoms with Gasteiger partial charge >= 0.3 is 5.97 Å². The number of aromatic nitrogens is 1. The van der Waals surface area contributed by atoms with Gasteiger partial charge in [0.15, 0.2) is 0 Å². The molecule has 3 heterocycles. The van der Waals surface area contributed by atoms with Crippen LogP contribution in [0.3, 0.4) is 0 Å². The Bertz CT molecular complexity index is 731. The first-order valence-corrected chi connectivity index (χ1v) is 9.01. The van der Waals surface area contributed by atoms with E-state index in [0.717, 1.165) is 30.8 Å². The molecule has 0 spiro atoms. The molecular formula is C19H29N3O3. The number of nitrogens with zero attached hydrogens (tertiary/aromatic N) is 2. The van der Waals surface area contributed by atoms with Crippen LogP contribution in [0, 0.1) is 5.92 Å². The minimum atomic E-state index is -0.625. The number of esters is 1. The second kappa shape index (κ2) is 6.57. The average molecular weight is 347 g/mol. The number of nitrogens with one attached hydrogen (secondary N) is 1. The fourth-order valence-corrected chi connectivity index (χ4v) is 3.91. The van der Waals surface area contributed by atoms with E-state index in [4.69, 9.17) is 4.74 Å². The van der Waals surface area contributed by atoms with Crippen LogP contribution in [0.1, 0.15) is 54.7 Å². The van der Waals surface area contributed by atoms with E-state index in [1.165, 1.54) is 0 Å². The van der Waals surface area contributed by atoms with Crippen molar-refractivity contribution in [1.29, 1.82) is 0 Å². The second-order valence-corrected chi connectivity index (χ2v) is 8.58. The summed E-state index contributed by atoms with van der Waals surface area (Å²) in [5.41, 5.74) is 1.19. The summed E-state index contributed by atoms with van der Waals surface area (Å²) < 4.78 is 7.35. The van der Waals surface area contributed by atoms with E-state index in [1.54, 1.807) is 0 Å². The summed E-state index contributed by atoms with van der Waals surface area (Å²) in [6.45, 7) is 8.51. The molecule has 3 rings (SSSR count). The molecule has 6 nitrogen and oxygen atoms in total. The smallest absolute Gasteiger partial charge is 0.344 e. The van der Waals surface area contributed by atoms with Crippen molar-refractivity contribution in [2.75, 3.05) is 27.2 Å². The Morgan fingerprint density at radius 2 is 2.08 bits per heavy atom. The van der Waals surface area contributed by atoms with E-state index in [1.807, 2.05) is 44.3 Å². The number of carbonyl (C=O) groups is 1. The van der Waals surface area contributed by atoms with Gasteiger partial charge in [0.05, 0.1) is 0 Å². The summed E-state index contributed by atoms with van der Waals surface area (Å²) in [4.78, 5) is 27.9. The predicted octanol–water partition coefficient (Wildman–Crippen LogP) is 1.57. The Morgan fingerprint density at radius 1 is 1.36 bits per heavy atom. The second-order valence-electron chi connectivity index (χ2n) is 8.58. The maximum Gasteiger partial charge on any atom is 0.344 e. The highest BCUT2D eigenvalue weighted by Gasteiger charge is 2.34. The van der Waals surface area contributed by atoms with E-state index >= 15 is 0 Å². The molecule has 0 unspecified atom stereocenters. The number of fused-ring (bicyclic) bond motifs is 4. The van der Waals surface area contributed by atoms with Crippen molar-refractivity contribution < 1.29 is 9.53 Å². The molecule has 0 amide bonds. The van der Waals surface area contributed by atoms with E-state index in [-0.39, 0.29) is 11.1 Å². The highest BCUT2D eigenvalue weighted by atomic mass is 16.6. The fourth-order valence-electron chi connectivity index (χ4n) is 3.91. The fraction of sp³-hybridized carbons (Fsp3) is 0.684. The average Bonchev–Trinajstić information content (AvgIpc) is 2.46. The van der Waals surface area contributed by atoms with Gasteiger partial charge in [0.25, 0.3) is 5.56 Å². The van der Waals surface area contributed by atoms with Crippen molar-refractivity contribution in [2.45, 2.75) is 51.8 Å². The van der Waals surface area contributed by atoms with Gasteiger partial charge in [0, 0.05) is 31.2 Å². The molecule has 0 aromatic carbocycles. The standard InChI is InChI=1S/C19H29N3O3/c1-19(2,3)25-18(24)16-14(11-21(4)5)7-15-13-6-12(8-20-9-13)10-22(15)17(16)23/h7,12-13,20H,6,8-11H2,1-5H3/t12-,13+/m0/s1. The first kappa shape index (κ1) is 18.1. The highest BCUT2D eigenvalue weighted by Crippen LogP contribution is 2.33. The summed E-state index contributed by atoms with van der Waals surface area (Å²) in [5.74, 6) is 0.280. The number of ether oxygens (including phenoxy) is 1. The van der Waals surface area contributed by atoms with Crippen molar-refractivity contribution in [3.8, 4) is 0 Å². The number of piperidine rings is 1. The van der Waals surface area contributed by atoms with Gasteiger partial charge in [-0.25, -0.2) is 4.79 Å². The van der Waals surface area contributed by atoms with Crippen molar-refractivity contribution in [2.24, 2.45) is 5.92 Å². The molecule has 6 heteroatoms. The number of carbonyl (C=O) groups excluding carboxylic acids is 1. The van der Waals surface area contributed by atoms with Crippen LogP contribution < -0.4 is 10.9 Å². The summed E-state index contributed by atoms with van der Waals surface area (Å²) in [5, 5.41) is 3.46. The number of hydrogen-bond donors (Lipinski definition) is 1. The zero-order chi connectivity index (χ0) is 18.4. The number of rotatable bonds is 3. The molecule has 1 N–H and O–H groups in total. The van der Waals surface area contributed by atoms with Crippen molar-refractivity contribution in [3.05, 3.63) is 33.2 Å². The Morgan fingerprint density at radius 3 is 2.72 bits per heavy atom. The van der Waals surface area contributed by atoms with Crippen LogP contribution in [0.25, 0.3) is 0 Å². The van der Waals surface area contributed by atoms with Crippen LogP contribution in [-0.2, 0) is 17.8 Å². The van der Waals surface area contributed by atoms with Gasteiger partial charge in [-0.3, -0.25) is 4.79 Å². The third-order valence-corrected chi connectivity index (χ3v) is 4.80. The Hall–Kier alpha value is -1.66. The first-order chi connectivity index (χ1) is 11.7. The summed E-state index contributed by atoms with van der Waals surface area (Å²) >= 11 is 0. The zero-order valence-corrected chi connectivity index (χ0v) is 15.9. The molecule has 138 valence electrons. The Kier molecular flexibility index (Phi) is 4.77. The van der Waals surface area contributed by atoms with Crippen LogP contribution in [0.4, 0.5) is 0 Å². The molecule has 2 aliphatic heterocycles. The number of pyridine rings is 1. The molecular weight excluding hydrogens is 318 g/mol. The third kappa shape index (κ3) is 3.80. The Balaban J connectivity index is 2.11. The third-order valence-electron chi connectivity index (χ3n) is 4.80. The highest BCUT2D eigenvalue weighted by molar-refractivity contribution is 5.91. The lowest BCUT2D eigenvalue weighted by molar-refractivity contribution is 0.00644. The molecule has 2 atom stereocenters. The lowest BCUT2D eigenvalue weighted by atomic mass is 9.83. The first-order valence-electron chi connectivity index (χ1n) is 9.01. The SMILES string of the molecule is CN(C)Cc1cc2n(c(=O)c1C(=O)OC(C)(C)C)C[C@@H]1CNC[C@H]2C1. The Labute approximate surface area is 149 Å². The molecule has 0 saturated carbocycles. The van der Waals surface area contributed by atoms with Crippen molar-refractivity contribution in [3.63, 3.8) is 0 Å². The normalized spacial score (nSPS) is 22.6. The van der Waals surface area contributed by atoms with E-state index in [0.29, 0.717) is 24.9 Å². The molecule has 0 aliphatic carbocycles. The lowest BCUT2D eigenvalue weighted by Gasteiger charge is -2.38.